The van der Waals surface area contributed by atoms with Gasteiger partial charge in [0.05, 0.1) is 16.3 Å². The van der Waals surface area contributed by atoms with Gasteiger partial charge in [0.1, 0.15) is 5.82 Å². The molecule has 0 radical (unpaired) electrons. The van der Waals surface area contributed by atoms with Crippen LogP contribution >= 0.6 is 23.2 Å². The van der Waals surface area contributed by atoms with E-state index in [1.807, 2.05) is 30.1 Å². The Kier molecular flexibility index (Phi) is 8.16. The Labute approximate surface area is 222 Å². The molecule has 2 fully saturated rings. The van der Waals surface area contributed by atoms with Crippen LogP contribution in [0.2, 0.25) is 10.0 Å². The van der Waals surface area contributed by atoms with Crippen molar-refractivity contribution in [1.82, 2.24) is 19.0 Å². The molecule has 2 aromatic rings. The topological polar surface area (TPSA) is 64.2 Å². The van der Waals surface area contributed by atoms with Crippen LogP contribution in [-0.4, -0.2) is 92.1 Å². The van der Waals surface area contributed by atoms with E-state index >= 15 is 0 Å². The van der Waals surface area contributed by atoms with Crippen molar-refractivity contribution in [3.8, 4) is 0 Å². The largest absolute Gasteiger partial charge is 0.322 e. The average Bonchev–Trinajstić information content (AvgIpc) is 3.28. The molecule has 2 amide bonds. The predicted molar refractivity (Wildman–Crippen MR) is 141 cm³/mol. The summed E-state index contributed by atoms with van der Waals surface area (Å²) in [6.07, 6.45) is 1.19. The number of aryl methyl sites for hydroxylation is 1. The molecule has 2 aliphatic heterocycles. The summed E-state index contributed by atoms with van der Waals surface area (Å²) >= 11 is 12.5. The minimum atomic E-state index is -3.27. The molecular formula is C25H31Cl2FN4O3S. The number of carbonyl (C=O) groups excluding carboxylic acids is 1. The van der Waals surface area contributed by atoms with Gasteiger partial charge in [0, 0.05) is 57.8 Å². The number of carbonyl (C=O) groups is 1. The Balaban J connectivity index is 1.53. The standard InChI is InChI=1S/C25H31Cl2FN4O3S/c1-17-12-18(4-7-23(17)28)14-29(2)24-16-31(15-20(24)19-5-6-21(26)22(27)13-19)25(33)30-8-10-32(11-9-30)36(3,34)35/h4-7,12-13,20,24H,8-11,14-16H2,1-3H3. The molecule has 0 N–H and O–H groups in total. The number of halogens is 3. The number of nitrogens with zero attached hydrogens (tertiary/aromatic N) is 4. The first-order chi connectivity index (χ1) is 16.9. The lowest BCUT2D eigenvalue weighted by atomic mass is 9.93. The molecular weight excluding hydrogens is 526 g/mol. The van der Waals surface area contributed by atoms with Gasteiger partial charge >= 0.3 is 6.03 Å². The minimum Gasteiger partial charge on any atom is -0.322 e. The summed E-state index contributed by atoms with van der Waals surface area (Å²) in [6.45, 7) is 4.65. The molecule has 2 saturated heterocycles. The number of likely N-dealkylation sites (tertiary alicyclic amines) is 1. The minimum absolute atomic E-state index is 0.00569. The van der Waals surface area contributed by atoms with E-state index in [-0.39, 0.29) is 23.8 Å². The predicted octanol–water partition coefficient (Wildman–Crippen LogP) is 4.04. The lowest BCUT2D eigenvalue weighted by Gasteiger charge is -2.35. The van der Waals surface area contributed by atoms with Gasteiger partial charge < -0.3 is 9.80 Å². The first-order valence-electron chi connectivity index (χ1n) is 11.8. The van der Waals surface area contributed by atoms with Crippen LogP contribution in [0.25, 0.3) is 0 Å². The summed E-state index contributed by atoms with van der Waals surface area (Å²) in [6, 6.07) is 10.6. The van der Waals surface area contributed by atoms with E-state index in [9.17, 15) is 17.6 Å². The van der Waals surface area contributed by atoms with Crippen LogP contribution in [-0.2, 0) is 16.6 Å². The smallest absolute Gasteiger partial charge is 0.320 e. The second-order valence-corrected chi connectivity index (χ2v) is 12.5. The van der Waals surface area contributed by atoms with E-state index in [0.717, 1.165) is 11.1 Å². The van der Waals surface area contributed by atoms with E-state index in [4.69, 9.17) is 23.2 Å². The Morgan fingerprint density at radius 2 is 1.72 bits per heavy atom. The number of amides is 2. The highest BCUT2D eigenvalue weighted by Crippen LogP contribution is 2.35. The number of rotatable bonds is 5. The van der Waals surface area contributed by atoms with Crippen LogP contribution in [0.3, 0.4) is 0 Å². The fraction of sp³-hybridized carbons (Fsp3) is 0.480. The molecule has 11 heteroatoms. The van der Waals surface area contributed by atoms with Gasteiger partial charge in [0.2, 0.25) is 10.0 Å². The molecule has 2 unspecified atom stereocenters. The molecule has 36 heavy (non-hydrogen) atoms. The summed E-state index contributed by atoms with van der Waals surface area (Å²) in [7, 11) is -1.27. The van der Waals surface area contributed by atoms with Crippen LogP contribution < -0.4 is 0 Å². The first-order valence-corrected chi connectivity index (χ1v) is 14.4. The lowest BCUT2D eigenvalue weighted by molar-refractivity contribution is 0.138. The molecule has 4 rings (SSSR count). The maximum absolute atomic E-state index is 13.8. The summed E-state index contributed by atoms with van der Waals surface area (Å²) in [5, 5.41) is 0.938. The van der Waals surface area contributed by atoms with Crippen LogP contribution in [0.15, 0.2) is 36.4 Å². The third kappa shape index (κ3) is 5.97. The third-order valence-corrected chi connectivity index (χ3v) is 9.17. The van der Waals surface area contributed by atoms with E-state index in [1.54, 1.807) is 24.0 Å². The molecule has 2 aliphatic rings. The zero-order chi connectivity index (χ0) is 26.2. The van der Waals surface area contributed by atoms with Gasteiger partial charge in [-0.05, 0) is 48.9 Å². The number of piperazine rings is 1. The number of sulfonamides is 1. The summed E-state index contributed by atoms with van der Waals surface area (Å²) in [4.78, 5) is 19.2. The molecule has 2 aromatic carbocycles. The Bertz CT molecular complexity index is 1240. The molecule has 0 saturated carbocycles. The van der Waals surface area contributed by atoms with Crippen molar-refractivity contribution >= 4 is 39.3 Å². The zero-order valence-corrected chi connectivity index (χ0v) is 23.0. The van der Waals surface area contributed by atoms with Crippen molar-refractivity contribution in [1.29, 1.82) is 0 Å². The summed E-state index contributed by atoms with van der Waals surface area (Å²) in [5.41, 5.74) is 2.58. The number of hydrogen-bond acceptors (Lipinski definition) is 4. The number of likely N-dealkylation sites (N-methyl/N-ethyl adjacent to an activating group) is 1. The van der Waals surface area contributed by atoms with E-state index in [0.29, 0.717) is 61.4 Å². The first kappa shape index (κ1) is 27.1. The quantitative estimate of drug-likeness (QED) is 0.557. The SMILES string of the molecule is Cc1cc(CN(C)C2CN(C(=O)N3CCN(S(C)(=O)=O)CC3)CC2c2ccc(Cl)c(Cl)c2)ccc1F. The van der Waals surface area contributed by atoms with E-state index in [2.05, 4.69) is 4.90 Å². The maximum Gasteiger partial charge on any atom is 0.320 e. The Morgan fingerprint density at radius 3 is 2.33 bits per heavy atom. The van der Waals surface area contributed by atoms with Gasteiger partial charge in [-0.2, -0.15) is 4.31 Å². The molecule has 2 atom stereocenters. The molecule has 0 bridgehead atoms. The summed E-state index contributed by atoms with van der Waals surface area (Å²) < 4.78 is 38.9. The Hall–Kier alpha value is -1.91. The van der Waals surface area contributed by atoms with Gasteiger partial charge in [-0.25, -0.2) is 17.6 Å². The molecule has 196 valence electrons. The van der Waals surface area contributed by atoms with Gasteiger partial charge in [0.25, 0.3) is 0 Å². The second kappa shape index (κ2) is 10.8. The fourth-order valence-electron chi connectivity index (χ4n) is 5.08. The maximum atomic E-state index is 13.8. The lowest BCUT2D eigenvalue weighted by Crippen LogP contribution is -2.53. The number of urea groups is 1. The van der Waals surface area contributed by atoms with Crippen molar-refractivity contribution in [3.05, 3.63) is 69.0 Å². The highest BCUT2D eigenvalue weighted by molar-refractivity contribution is 7.88. The monoisotopic (exact) mass is 556 g/mol. The molecule has 0 aromatic heterocycles. The number of hydrogen-bond donors (Lipinski definition) is 0. The van der Waals surface area contributed by atoms with Crippen molar-refractivity contribution in [2.45, 2.75) is 25.4 Å². The van der Waals surface area contributed by atoms with Gasteiger partial charge in [-0.3, -0.25) is 4.90 Å². The molecule has 0 spiro atoms. The molecule has 2 heterocycles. The third-order valence-electron chi connectivity index (χ3n) is 7.13. The van der Waals surface area contributed by atoms with Crippen molar-refractivity contribution in [2.75, 3.05) is 52.6 Å². The molecule has 7 nitrogen and oxygen atoms in total. The van der Waals surface area contributed by atoms with Gasteiger partial charge in [-0.15, -0.1) is 0 Å². The zero-order valence-electron chi connectivity index (χ0n) is 20.6. The fourth-order valence-corrected chi connectivity index (χ4v) is 6.21. The van der Waals surface area contributed by atoms with Crippen LogP contribution in [0.1, 0.15) is 22.6 Å². The normalized spacial score (nSPS) is 21.4. The average molecular weight is 558 g/mol. The van der Waals surface area contributed by atoms with Crippen molar-refractivity contribution < 1.29 is 17.6 Å². The Morgan fingerprint density at radius 1 is 1.03 bits per heavy atom. The highest BCUT2D eigenvalue weighted by atomic mass is 35.5. The molecule has 0 aliphatic carbocycles. The highest BCUT2D eigenvalue weighted by Gasteiger charge is 2.40. The van der Waals surface area contributed by atoms with E-state index < -0.39 is 10.0 Å². The van der Waals surface area contributed by atoms with Crippen LogP contribution in [0, 0.1) is 12.7 Å². The summed E-state index contributed by atoms with van der Waals surface area (Å²) in [5.74, 6) is -0.240. The van der Waals surface area contributed by atoms with Crippen LogP contribution in [0.4, 0.5) is 9.18 Å². The van der Waals surface area contributed by atoms with Gasteiger partial charge in [-0.1, -0.05) is 41.4 Å². The van der Waals surface area contributed by atoms with Gasteiger partial charge in [0.15, 0.2) is 0 Å². The van der Waals surface area contributed by atoms with Crippen molar-refractivity contribution in [3.63, 3.8) is 0 Å². The van der Waals surface area contributed by atoms with Crippen molar-refractivity contribution in [2.24, 2.45) is 0 Å². The second-order valence-electron chi connectivity index (χ2n) is 9.68. The van der Waals surface area contributed by atoms with Crippen LogP contribution in [0.5, 0.6) is 0 Å². The number of benzene rings is 2. The van der Waals surface area contributed by atoms with E-state index in [1.165, 1.54) is 16.6 Å².